The molecule has 1 aliphatic heterocycles. The lowest BCUT2D eigenvalue weighted by Gasteiger charge is -2.38. The number of anilines is 2. The highest BCUT2D eigenvalue weighted by Crippen LogP contribution is 2.34. The van der Waals surface area contributed by atoms with Gasteiger partial charge in [0.2, 0.25) is 0 Å². The number of nitrogens with zero attached hydrogens (tertiary/aromatic N) is 4. The molecule has 2 N–H and O–H groups in total. The topological polar surface area (TPSA) is 86.3 Å². The number of aliphatic imine (C=N–C) groups is 1. The predicted molar refractivity (Wildman–Crippen MR) is 119 cm³/mol. The van der Waals surface area contributed by atoms with Gasteiger partial charge in [-0.25, -0.2) is 14.4 Å². The number of hydrogen-bond donors (Lipinski definition) is 2. The fraction of sp³-hybridized carbons (Fsp3) is 0.304. The minimum Gasteiger partial charge on any atom is -0.360 e. The number of rotatable bonds is 4. The molecule has 2 aliphatic rings. The number of aromatic nitrogens is 3. The summed E-state index contributed by atoms with van der Waals surface area (Å²) in [5, 5.41) is 4.25. The lowest BCUT2D eigenvalue weighted by molar-refractivity contribution is -0.114. The molecule has 0 fully saturated rings. The van der Waals surface area contributed by atoms with Crippen molar-refractivity contribution in [2.24, 2.45) is 4.99 Å². The summed E-state index contributed by atoms with van der Waals surface area (Å²) >= 11 is 0. The molecule has 0 saturated carbocycles. The van der Waals surface area contributed by atoms with Gasteiger partial charge in [-0.05, 0) is 63.4 Å². The Morgan fingerprint density at radius 1 is 1.23 bits per heavy atom. The summed E-state index contributed by atoms with van der Waals surface area (Å²) < 4.78 is 13.6. The maximum absolute atomic E-state index is 13.6. The van der Waals surface area contributed by atoms with Crippen LogP contribution in [0.3, 0.4) is 0 Å². The van der Waals surface area contributed by atoms with E-state index in [2.05, 4.69) is 20.3 Å². The van der Waals surface area contributed by atoms with Gasteiger partial charge in [-0.2, -0.15) is 0 Å². The first-order valence-corrected chi connectivity index (χ1v) is 10.4. The standard InChI is InChI=1S/C23H23FN6O/c1-13-4-3-5-18-19(13)23(31)30(16-8-6-15(24)7-9-16)22(29-18)14(2)28-21-17-10-11-25-20(17)26-12-27-21/h6-12,14,18H,3-5H2,1-2H3,(H2,25,26,27,28). The molecule has 7 nitrogen and oxygen atoms in total. The van der Waals surface area contributed by atoms with Gasteiger partial charge in [-0.3, -0.25) is 14.7 Å². The number of carbonyl (C=O) groups excluding carboxylic acids is 1. The quantitative estimate of drug-likeness (QED) is 0.665. The molecule has 31 heavy (non-hydrogen) atoms. The van der Waals surface area contributed by atoms with Crippen LogP contribution in [0, 0.1) is 5.82 Å². The van der Waals surface area contributed by atoms with E-state index in [1.165, 1.54) is 18.5 Å². The van der Waals surface area contributed by atoms with Crippen molar-refractivity contribution in [2.45, 2.75) is 45.2 Å². The second-order valence-electron chi connectivity index (χ2n) is 8.03. The zero-order valence-electron chi connectivity index (χ0n) is 17.4. The molecule has 0 bridgehead atoms. The Kier molecular flexibility index (Phi) is 4.77. The summed E-state index contributed by atoms with van der Waals surface area (Å²) in [5.74, 6) is 0.832. The minimum atomic E-state index is -0.348. The van der Waals surface area contributed by atoms with Crippen LogP contribution in [-0.2, 0) is 4.79 Å². The third-order valence-electron chi connectivity index (χ3n) is 5.95. The molecule has 1 aliphatic carbocycles. The first-order valence-electron chi connectivity index (χ1n) is 10.4. The van der Waals surface area contributed by atoms with Gasteiger partial charge in [0.25, 0.3) is 5.91 Å². The molecule has 158 valence electrons. The molecule has 0 radical (unpaired) electrons. The summed E-state index contributed by atoms with van der Waals surface area (Å²) in [6.07, 6.45) is 6.06. The zero-order valence-corrected chi connectivity index (χ0v) is 17.4. The van der Waals surface area contributed by atoms with Crippen LogP contribution < -0.4 is 10.2 Å². The summed E-state index contributed by atoms with van der Waals surface area (Å²) in [6, 6.07) is 7.40. The lowest BCUT2D eigenvalue weighted by atomic mass is 9.86. The van der Waals surface area contributed by atoms with Crippen molar-refractivity contribution in [1.82, 2.24) is 15.0 Å². The van der Waals surface area contributed by atoms with Crippen molar-refractivity contribution < 1.29 is 9.18 Å². The van der Waals surface area contributed by atoms with E-state index >= 15 is 0 Å². The molecule has 2 unspecified atom stereocenters. The first kappa shape index (κ1) is 19.4. The highest BCUT2D eigenvalue weighted by atomic mass is 19.1. The Labute approximate surface area is 179 Å². The molecular formula is C23H23FN6O. The van der Waals surface area contributed by atoms with E-state index < -0.39 is 0 Å². The van der Waals surface area contributed by atoms with E-state index in [4.69, 9.17) is 4.99 Å². The third kappa shape index (κ3) is 3.37. The van der Waals surface area contributed by atoms with Crippen LogP contribution in [0.2, 0.25) is 0 Å². The number of aromatic amines is 1. The van der Waals surface area contributed by atoms with Crippen molar-refractivity contribution in [3.8, 4) is 0 Å². The largest absolute Gasteiger partial charge is 0.360 e. The van der Waals surface area contributed by atoms with E-state index in [1.54, 1.807) is 17.0 Å². The summed E-state index contributed by atoms with van der Waals surface area (Å²) in [4.78, 5) is 31.9. The van der Waals surface area contributed by atoms with Crippen molar-refractivity contribution in [1.29, 1.82) is 0 Å². The molecule has 5 rings (SSSR count). The SMILES string of the molecule is CC1=C2C(=O)N(c3ccc(F)cc3)C(C(C)Nc3ncnc4[nH]ccc34)=NC2CCC1. The average molecular weight is 418 g/mol. The molecule has 0 spiro atoms. The van der Waals surface area contributed by atoms with Gasteiger partial charge in [-0.15, -0.1) is 0 Å². The van der Waals surface area contributed by atoms with Gasteiger partial charge in [0.1, 0.15) is 29.4 Å². The van der Waals surface area contributed by atoms with Crippen LogP contribution in [0.1, 0.15) is 33.1 Å². The van der Waals surface area contributed by atoms with Crippen molar-refractivity contribution in [2.75, 3.05) is 10.2 Å². The zero-order chi connectivity index (χ0) is 21.5. The fourth-order valence-corrected chi connectivity index (χ4v) is 4.42. The van der Waals surface area contributed by atoms with Gasteiger partial charge in [-0.1, -0.05) is 5.57 Å². The molecule has 1 aromatic carbocycles. The average Bonchev–Trinajstić information content (AvgIpc) is 3.24. The Morgan fingerprint density at radius 2 is 2.03 bits per heavy atom. The smallest absolute Gasteiger partial charge is 0.261 e. The minimum absolute atomic E-state index is 0.0815. The van der Waals surface area contributed by atoms with E-state index in [-0.39, 0.29) is 23.8 Å². The van der Waals surface area contributed by atoms with Crippen LogP contribution in [0.25, 0.3) is 11.0 Å². The molecule has 0 saturated heterocycles. The predicted octanol–water partition coefficient (Wildman–Crippen LogP) is 4.21. The van der Waals surface area contributed by atoms with Crippen molar-refractivity contribution in [3.63, 3.8) is 0 Å². The van der Waals surface area contributed by atoms with Gasteiger partial charge in [0, 0.05) is 11.8 Å². The summed E-state index contributed by atoms with van der Waals surface area (Å²) in [5.41, 5.74) is 3.18. The van der Waals surface area contributed by atoms with Gasteiger partial charge >= 0.3 is 0 Å². The molecule has 2 atom stereocenters. The number of allylic oxidation sites excluding steroid dienone is 1. The highest BCUT2D eigenvalue weighted by Gasteiger charge is 2.39. The molecule has 8 heteroatoms. The van der Waals surface area contributed by atoms with E-state index in [9.17, 15) is 9.18 Å². The van der Waals surface area contributed by atoms with Gasteiger partial charge in [0.05, 0.1) is 23.2 Å². The highest BCUT2D eigenvalue weighted by molar-refractivity contribution is 6.26. The maximum Gasteiger partial charge on any atom is 0.261 e. The van der Waals surface area contributed by atoms with Gasteiger partial charge < -0.3 is 10.3 Å². The molecule has 2 aromatic heterocycles. The van der Waals surface area contributed by atoms with Crippen LogP contribution >= 0.6 is 0 Å². The monoisotopic (exact) mass is 418 g/mol. The van der Waals surface area contributed by atoms with Crippen LogP contribution in [0.5, 0.6) is 0 Å². The first-order chi connectivity index (χ1) is 15.0. The number of carbonyl (C=O) groups is 1. The Hall–Kier alpha value is -3.55. The Balaban J connectivity index is 1.57. The van der Waals surface area contributed by atoms with Crippen molar-refractivity contribution >= 4 is 34.3 Å². The van der Waals surface area contributed by atoms with E-state index in [0.717, 1.165) is 41.4 Å². The lowest BCUT2D eigenvalue weighted by Crippen LogP contribution is -2.51. The molecule has 3 aromatic rings. The van der Waals surface area contributed by atoms with Crippen LogP contribution in [0.15, 0.2) is 59.0 Å². The second kappa shape index (κ2) is 7.61. The van der Waals surface area contributed by atoms with E-state index in [0.29, 0.717) is 17.3 Å². The number of nitrogens with one attached hydrogen (secondary N) is 2. The van der Waals surface area contributed by atoms with Crippen molar-refractivity contribution in [3.05, 3.63) is 59.8 Å². The summed E-state index contributed by atoms with van der Waals surface area (Å²) in [7, 11) is 0. The number of fused-ring (bicyclic) bond motifs is 2. The number of halogens is 1. The molecular weight excluding hydrogens is 395 g/mol. The van der Waals surface area contributed by atoms with Crippen LogP contribution in [-0.4, -0.2) is 38.8 Å². The number of amidine groups is 1. The summed E-state index contributed by atoms with van der Waals surface area (Å²) in [6.45, 7) is 3.96. The van der Waals surface area contributed by atoms with E-state index in [1.807, 2.05) is 26.1 Å². The van der Waals surface area contributed by atoms with Crippen LogP contribution in [0.4, 0.5) is 15.9 Å². The Bertz CT molecular complexity index is 1210. The third-order valence-corrected chi connectivity index (χ3v) is 5.95. The number of hydrogen-bond acceptors (Lipinski definition) is 5. The molecule has 3 heterocycles. The second-order valence-corrected chi connectivity index (χ2v) is 8.03. The fourth-order valence-electron chi connectivity index (χ4n) is 4.42. The van der Waals surface area contributed by atoms with Gasteiger partial charge in [0.15, 0.2) is 0 Å². The maximum atomic E-state index is 13.6. The Morgan fingerprint density at radius 3 is 2.84 bits per heavy atom. The normalized spacial score (nSPS) is 20.0. The number of amides is 1. The number of benzene rings is 1. The molecule has 1 amide bonds. The number of H-pyrrole nitrogens is 1.